The average molecular weight is 1550 g/mol. The maximum absolute atomic E-state index is 16.2. The van der Waals surface area contributed by atoms with Gasteiger partial charge in [0.15, 0.2) is 0 Å². The molecule has 3 N–H and O–H groups in total. The first-order valence-corrected chi connectivity index (χ1v) is 38.8. The Balaban J connectivity index is 1.32. The number of alkyl halides is 9. The predicted octanol–water partition coefficient (Wildman–Crippen LogP) is 7.51. The number of rotatable bonds is 13. The molecule has 33 heteroatoms. The molecule has 7 aliphatic rings. The first-order valence-electron chi connectivity index (χ1n) is 38.4. The van der Waals surface area contributed by atoms with Crippen LogP contribution in [0.3, 0.4) is 0 Å². The Labute approximate surface area is 628 Å². The monoisotopic (exact) mass is 1550 g/mol. The Hall–Kier alpha value is -6.63. The van der Waals surface area contributed by atoms with E-state index in [1.54, 1.807) is 20.8 Å². The molecule has 4 saturated carbocycles. The van der Waals surface area contributed by atoms with Crippen molar-refractivity contribution in [3.05, 3.63) is 0 Å². The van der Waals surface area contributed by atoms with E-state index >= 15 is 37.5 Å². The second kappa shape index (κ2) is 36.5. The lowest BCUT2D eigenvalue weighted by Crippen LogP contribution is -2.65. The van der Waals surface area contributed by atoms with E-state index in [2.05, 4.69) is 16.0 Å². The zero-order valence-corrected chi connectivity index (χ0v) is 65.2. The number of amides is 12. The van der Waals surface area contributed by atoms with Gasteiger partial charge in [0.25, 0.3) is 5.92 Å². The van der Waals surface area contributed by atoms with Gasteiger partial charge in [0.05, 0.1) is 31.3 Å². The van der Waals surface area contributed by atoms with Gasteiger partial charge < -0.3 is 60.0 Å². The lowest BCUT2D eigenvalue weighted by Gasteiger charge is -2.46. The van der Waals surface area contributed by atoms with E-state index in [9.17, 15) is 55.1 Å². The molecule has 24 nitrogen and oxygen atoms in total. The minimum atomic E-state index is -4.63. The van der Waals surface area contributed by atoms with Crippen molar-refractivity contribution in [3.63, 3.8) is 0 Å². The van der Waals surface area contributed by atoms with Crippen LogP contribution in [0, 0.1) is 41.4 Å². The number of fused-ring (bicyclic) bond motifs is 2. The minimum Gasteiger partial charge on any atom is -0.347 e. The van der Waals surface area contributed by atoms with E-state index in [0.717, 1.165) is 19.6 Å². The third-order valence-electron chi connectivity index (χ3n) is 24.2. The van der Waals surface area contributed by atoms with E-state index in [4.69, 9.17) is 11.6 Å². The number of nitrogens with one attached hydrogen (secondary N) is 3. The standard InChI is InChI=1S/C74H115ClF8N12O12/c1-14-33-93-55(37-46-22-26-48(27-23-46)73(78,79)80)66(103)88(9)40-57(96)84-51(29-25-45-24-28-49(50(75)36-45)74(81,82)83)64(101)95-41-72(76,77)39-56(95)62(99)86-71(31-18-19-32-71)70(107)92(13)60(47-20-16-17-21-47)69(106)91(12)54(65(102)87(7)8)38-58(97)90(11)53(35-42(3)4)61(98)85-59(43(5)15-2)68(105)89(10)44(6)63(100)94-34-30-52(94)67(93)104/h42-56,59-60H,14-41H2,1-13H3,(H,84,96)(H,85,98)(H,86,99)/t43-,44-,45?,46?,48?,49?,50?,51-,52-,53-,54-,55-,56-,59-,60-/m0/s1. The summed E-state index contributed by atoms with van der Waals surface area (Å²) in [4.78, 5) is 191. The third-order valence-corrected chi connectivity index (χ3v) is 24.7. The highest BCUT2D eigenvalue weighted by Gasteiger charge is 2.57. The molecular formula is C74H115ClF8N12O12. The summed E-state index contributed by atoms with van der Waals surface area (Å²) in [6.45, 7) is 7.86. The molecular weight excluding hydrogens is 1440 g/mol. The number of halogens is 9. The molecule has 606 valence electrons. The smallest absolute Gasteiger partial charge is 0.347 e. The van der Waals surface area contributed by atoms with Crippen molar-refractivity contribution in [1.29, 1.82) is 0 Å². The molecule has 3 saturated heterocycles. The molecule has 1 spiro atoms. The second-order valence-electron chi connectivity index (χ2n) is 32.4. The van der Waals surface area contributed by atoms with Gasteiger partial charge in [-0.2, -0.15) is 26.3 Å². The number of hydrogen-bond acceptors (Lipinski definition) is 12. The molecule has 107 heavy (non-hydrogen) atoms. The van der Waals surface area contributed by atoms with E-state index in [-0.39, 0.29) is 109 Å². The molecule has 3 unspecified atom stereocenters. The van der Waals surface area contributed by atoms with Gasteiger partial charge >= 0.3 is 12.4 Å². The minimum absolute atomic E-state index is 0.00209. The van der Waals surface area contributed by atoms with E-state index in [1.165, 1.54) is 75.9 Å². The van der Waals surface area contributed by atoms with Crippen molar-refractivity contribution in [2.75, 3.05) is 75.5 Å². The SMILES string of the molecule is CCCN1C(=O)[C@@H]2CCN2C(=O)[C@H](C)N(C)C(=O)[C@H]([C@@H](C)CC)NC(=O)[C@H](CC(C)C)N(C)C(=O)C[C@@H](C(=O)N(C)C)N(C)C(=O)[C@H](C2CCCC2)N(C)C(=O)C2(CCCC2)NC(=O)[C@@H]2CC(F)(F)CN2C(=O)[C@H](CCC2CCC(C(F)(F)F)C(Cl)C2)NC(=O)CN(C)C(=O)[C@@H]1CC1CCC(C(F)(F)F)CC1. The van der Waals surface area contributed by atoms with E-state index in [1.807, 2.05) is 13.8 Å². The highest BCUT2D eigenvalue weighted by atomic mass is 35.5. The first-order chi connectivity index (χ1) is 49.9. The highest BCUT2D eigenvalue weighted by Crippen LogP contribution is 2.46. The van der Waals surface area contributed by atoms with Gasteiger partial charge in [0.1, 0.15) is 59.9 Å². The van der Waals surface area contributed by atoms with Gasteiger partial charge in [-0.3, -0.25) is 57.5 Å². The Morgan fingerprint density at radius 3 is 1.81 bits per heavy atom. The number of hydrogen-bond donors (Lipinski definition) is 3. The van der Waals surface area contributed by atoms with Crippen LogP contribution in [0.1, 0.15) is 196 Å². The quantitative estimate of drug-likeness (QED) is 0.119. The zero-order valence-electron chi connectivity index (χ0n) is 64.4. The normalized spacial score (nSPS) is 31.6. The summed E-state index contributed by atoms with van der Waals surface area (Å²) in [6.07, 6.45) is -9.56. The predicted molar refractivity (Wildman–Crippen MR) is 380 cm³/mol. The first kappa shape index (κ1) is 87.6. The molecule has 0 aromatic carbocycles. The Bertz CT molecular complexity index is 3200. The van der Waals surface area contributed by atoms with Gasteiger partial charge in [-0.25, -0.2) is 8.78 Å². The van der Waals surface area contributed by atoms with Crippen LogP contribution < -0.4 is 16.0 Å². The molecule has 0 aromatic rings. The van der Waals surface area contributed by atoms with Gasteiger partial charge in [-0.05, 0) is 146 Å². The maximum atomic E-state index is 16.2. The number of nitrogens with zero attached hydrogens (tertiary/aromatic N) is 9. The Morgan fingerprint density at radius 1 is 0.654 bits per heavy atom. The number of carbonyl (C=O) groups excluding carboxylic acids is 12. The van der Waals surface area contributed by atoms with Crippen LogP contribution in [0.2, 0.25) is 0 Å². The van der Waals surface area contributed by atoms with E-state index in [0.29, 0.717) is 49.8 Å². The molecule has 7 rings (SSSR count). The van der Waals surface area contributed by atoms with Gasteiger partial charge in [0.2, 0.25) is 70.9 Å². The molecule has 13 atom stereocenters. The average Bonchev–Trinajstić information content (AvgIpc) is 1.76. The van der Waals surface area contributed by atoms with Crippen molar-refractivity contribution in [3.8, 4) is 0 Å². The van der Waals surface area contributed by atoms with Gasteiger partial charge in [0, 0.05) is 74.2 Å². The van der Waals surface area contributed by atoms with Crippen molar-refractivity contribution in [2.24, 2.45) is 41.4 Å². The molecule has 0 aromatic heterocycles. The molecule has 3 aliphatic heterocycles. The number of likely N-dealkylation sites (N-methyl/N-ethyl adjacent to an activating group) is 6. The van der Waals surface area contributed by atoms with Crippen LogP contribution in [0.4, 0.5) is 35.1 Å². The van der Waals surface area contributed by atoms with Crippen molar-refractivity contribution >= 4 is 82.5 Å². The highest BCUT2D eigenvalue weighted by molar-refractivity contribution is 6.21. The van der Waals surface area contributed by atoms with Crippen LogP contribution in [-0.2, 0) is 57.5 Å². The molecule has 7 fully saturated rings. The summed E-state index contributed by atoms with van der Waals surface area (Å²) in [6, 6.07) is -13.3. The van der Waals surface area contributed by atoms with Crippen LogP contribution in [-0.4, -0.2) is 274 Å². The van der Waals surface area contributed by atoms with Crippen LogP contribution in [0.5, 0.6) is 0 Å². The summed E-state index contributed by atoms with van der Waals surface area (Å²) in [5.41, 5.74) is -1.87. The molecule has 0 radical (unpaired) electrons. The molecule has 4 aliphatic carbocycles. The lowest BCUT2D eigenvalue weighted by molar-refractivity contribution is -0.184. The summed E-state index contributed by atoms with van der Waals surface area (Å²) in [7, 11) is 9.43. The van der Waals surface area contributed by atoms with Crippen LogP contribution in [0.15, 0.2) is 0 Å². The summed E-state index contributed by atoms with van der Waals surface area (Å²) >= 11 is 6.35. The van der Waals surface area contributed by atoms with E-state index < -0.39 is 222 Å². The fourth-order valence-corrected chi connectivity index (χ4v) is 17.7. The Kier molecular flexibility index (Phi) is 29.9. The topological polar surface area (TPSA) is 270 Å². The lowest BCUT2D eigenvalue weighted by atomic mass is 9.78. The van der Waals surface area contributed by atoms with Gasteiger partial charge in [-0.15, -0.1) is 11.6 Å². The second-order valence-corrected chi connectivity index (χ2v) is 32.9. The summed E-state index contributed by atoms with van der Waals surface area (Å²) in [5, 5.41) is 6.80. The maximum Gasteiger partial charge on any atom is 0.393 e. The fourth-order valence-electron chi connectivity index (χ4n) is 17.2. The Morgan fingerprint density at radius 2 is 1.27 bits per heavy atom. The van der Waals surface area contributed by atoms with Crippen LogP contribution in [0.25, 0.3) is 0 Å². The van der Waals surface area contributed by atoms with Crippen LogP contribution >= 0.6 is 11.6 Å². The van der Waals surface area contributed by atoms with Crippen molar-refractivity contribution < 1.29 is 92.7 Å². The third kappa shape index (κ3) is 20.9. The zero-order chi connectivity index (χ0) is 79.9. The fraction of sp³-hybridized carbons (Fsp3) is 0.838. The van der Waals surface area contributed by atoms with Gasteiger partial charge in [-0.1, -0.05) is 66.7 Å². The molecule has 0 bridgehead atoms. The largest absolute Gasteiger partial charge is 0.393 e. The summed E-state index contributed by atoms with van der Waals surface area (Å²) in [5.74, 6) is -20.0. The summed E-state index contributed by atoms with van der Waals surface area (Å²) < 4.78 is 117. The molecule has 3 heterocycles. The number of carbonyl (C=O) groups is 12. The molecule has 12 amide bonds. The van der Waals surface area contributed by atoms with Crippen molar-refractivity contribution in [1.82, 2.24) is 60.0 Å². The van der Waals surface area contributed by atoms with Crippen molar-refractivity contribution in [2.45, 2.75) is 279 Å².